The summed E-state index contributed by atoms with van der Waals surface area (Å²) in [5.74, 6) is -0.288. The van der Waals surface area contributed by atoms with E-state index in [2.05, 4.69) is 35.4 Å². The van der Waals surface area contributed by atoms with Gasteiger partial charge in [0.2, 0.25) is 0 Å². The molecule has 3 atom stereocenters. The van der Waals surface area contributed by atoms with E-state index in [9.17, 15) is 4.79 Å². The molecule has 3 N–H and O–H groups in total. The first-order valence-electron chi connectivity index (χ1n) is 10.0. The fourth-order valence-electron chi connectivity index (χ4n) is 3.56. The van der Waals surface area contributed by atoms with E-state index >= 15 is 0 Å². The Balaban J connectivity index is 0.00000320. The molecule has 2 aromatic carbocycles. The summed E-state index contributed by atoms with van der Waals surface area (Å²) in [6.45, 7) is 4.34. The molecule has 3 rings (SSSR count). The van der Waals surface area contributed by atoms with Gasteiger partial charge in [-0.15, -0.1) is 12.4 Å². The first-order valence-corrected chi connectivity index (χ1v) is 10.0. The normalized spacial score (nSPS) is 13.8. The third kappa shape index (κ3) is 7.10. The lowest BCUT2D eigenvalue weighted by molar-refractivity contribution is -0.147. The van der Waals surface area contributed by atoms with Crippen molar-refractivity contribution in [2.45, 2.75) is 51.4 Å². The molecule has 1 heterocycles. The summed E-state index contributed by atoms with van der Waals surface area (Å²) in [6.07, 6.45) is 4.76. The van der Waals surface area contributed by atoms with E-state index in [1.807, 2.05) is 48.8 Å². The van der Waals surface area contributed by atoms with Gasteiger partial charge >= 0.3 is 5.97 Å². The van der Waals surface area contributed by atoms with Crippen LogP contribution in [0.2, 0.25) is 0 Å². The van der Waals surface area contributed by atoms with Gasteiger partial charge in [0.15, 0.2) is 0 Å². The highest BCUT2D eigenvalue weighted by Gasteiger charge is 2.20. The Hall–Kier alpha value is -2.47. The lowest BCUT2D eigenvalue weighted by Crippen LogP contribution is -2.34. The number of ether oxygens (including phenoxy) is 1. The summed E-state index contributed by atoms with van der Waals surface area (Å²) in [6, 6.07) is 18.4. The third-order valence-corrected chi connectivity index (χ3v) is 5.01. The topological polar surface area (TPSA) is 77.2 Å². The molecule has 0 amide bonds. The SMILES string of the molecule is CC(=O)OC(CC(N)C[C@@H](C)NCc1ccc2cnccc2c1)c1ccccc1.Cl. The maximum absolute atomic E-state index is 11.5. The number of rotatable bonds is 9. The molecule has 0 saturated heterocycles. The van der Waals surface area contributed by atoms with Gasteiger partial charge in [-0.1, -0.05) is 42.5 Å². The zero-order valence-electron chi connectivity index (χ0n) is 17.5. The quantitative estimate of drug-likeness (QED) is 0.490. The van der Waals surface area contributed by atoms with Gasteiger partial charge in [0, 0.05) is 49.8 Å². The molecular weight excluding hydrogens is 398 g/mol. The number of nitrogens with one attached hydrogen (secondary N) is 1. The smallest absolute Gasteiger partial charge is 0.303 e. The van der Waals surface area contributed by atoms with Crippen LogP contribution in [0.15, 0.2) is 67.0 Å². The van der Waals surface area contributed by atoms with Crippen molar-refractivity contribution in [3.63, 3.8) is 0 Å². The van der Waals surface area contributed by atoms with Gasteiger partial charge in [0.05, 0.1) is 0 Å². The summed E-state index contributed by atoms with van der Waals surface area (Å²) in [5, 5.41) is 5.88. The number of nitrogens with two attached hydrogens (primary N) is 1. The number of hydrogen-bond donors (Lipinski definition) is 2. The zero-order valence-corrected chi connectivity index (χ0v) is 18.3. The number of esters is 1. The minimum absolute atomic E-state index is 0. The molecule has 3 aromatic rings. The average molecular weight is 428 g/mol. The Morgan fingerprint density at radius 1 is 1.10 bits per heavy atom. The number of hydrogen-bond acceptors (Lipinski definition) is 5. The third-order valence-electron chi connectivity index (χ3n) is 5.01. The molecule has 0 bridgehead atoms. The van der Waals surface area contributed by atoms with Crippen molar-refractivity contribution in [1.29, 1.82) is 0 Å². The van der Waals surface area contributed by atoms with E-state index in [1.165, 1.54) is 17.9 Å². The van der Waals surface area contributed by atoms with Crippen LogP contribution in [0, 0.1) is 0 Å². The van der Waals surface area contributed by atoms with Crippen LogP contribution in [-0.4, -0.2) is 23.0 Å². The average Bonchev–Trinajstić information content (AvgIpc) is 2.72. The van der Waals surface area contributed by atoms with E-state index in [0.29, 0.717) is 6.42 Å². The molecule has 0 radical (unpaired) electrons. The number of pyridine rings is 1. The van der Waals surface area contributed by atoms with Gasteiger partial charge in [-0.25, -0.2) is 0 Å². The molecule has 160 valence electrons. The highest BCUT2D eigenvalue weighted by molar-refractivity contribution is 5.85. The number of benzene rings is 2. The van der Waals surface area contributed by atoms with Crippen LogP contribution in [-0.2, 0) is 16.1 Å². The second kappa shape index (κ2) is 11.6. The molecule has 0 fully saturated rings. The van der Waals surface area contributed by atoms with Gasteiger partial charge in [-0.3, -0.25) is 9.78 Å². The van der Waals surface area contributed by atoms with Gasteiger partial charge in [-0.05, 0) is 42.0 Å². The second-order valence-electron chi connectivity index (χ2n) is 7.58. The van der Waals surface area contributed by atoms with Crippen molar-refractivity contribution in [2.75, 3.05) is 0 Å². The van der Waals surface area contributed by atoms with Crippen LogP contribution >= 0.6 is 12.4 Å². The van der Waals surface area contributed by atoms with E-state index in [0.717, 1.165) is 23.9 Å². The highest BCUT2D eigenvalue weighted by Crippen LogP contribution is 2.24. The molecule has 30 heavy (non-hydrogen) atoms. The number of nitrogens with zero attached hydrogens (tertiary/aromatic N) is 1. The molecule has 2 unspecified atom stereocenters. The predicted molar refractivity (Wildman–Crippen MR) is 123 cm³/mol. The van der Waals surface area contributed by atoms with Crippen LogP contribution in [0.25, 0.3) is 10.8 Å². The molecule has 6 heteroatoms. The van der Waals surface area contributed by atoms with E-state index in [1.54, 1.807) is 0 Å². The van der Waals surface area contributed by atoms with Crippen LogP contribution in [0.4, 0.5) is 0 Å². The fraction of sp³-hybridized carbons (Fsp3) is 0.333. The van der Waals surface area contributed by atoms with Crippen molar-refractivity contribution >= 4 is 29.1 Å². The maximum atomic E-state index is 11.5. The summed E-state index contributed by atoms with van der Waals surface area (Å²) in [5.41, 5.74) is 8.60. The minimum Gasteiger partial charge on any atom is -0.458 e. The minimum atomic E-state index is -0.315. The number of aromatic nitrogens is 1. The van der Waals surface area contributed by atoms with Gasteiger partial charge in [-0.2, -0.15) is 0 Å². The molecule has 0 saturated carbocycles. The first kappa shape index (κ1) is 23.8. The molecule has 1 aromatic heterocycles. The standard InChI is InChI=1S/C24H29N3O2.ClH/c1-17(27-15-19-8-9-22-16-26-11-10-21(22)13-19)12-23(25)14-24(29-18(2)28)20-6-4-3-5-7-20;/h3-11,13,16-17,23-24,27H,12,14-15,25H2,1-2H3;1H/t17-,23?,24?;/m1./s1. The van der Waals surface area contributed by atoms with Crippen LogP contribution in [0.1, 0.15) is 43.9 Å². The van der Waals surface area contributed by atoms with Crippen molar-refractivity contribution < 1.29 is 9.53 Å². The summed E-state index contributed by atoms with van der Waals surface area (Å²) in [7, 11) is 0. The van der Waals surface area contributed by atoms with Crippen LogP contribution in [0.3, 0.4) is 0 Å². The number of halogens is 1. The van der Waals surface area contributed by atoms with Crippen LogP contribution < -0.4 is 11.1 Å². The predicted octanol–water partition coefficient (Wildman–Crippen LogP) is 4.55. The molecule has 0 aliphatic heterocycles. The second-order valence-corrected chi connectivity index (χ2v) is 7.58. The molecule has 0 spiro atoms. The van der Waals surface area contributed by atoms with Crippen molar-refractivity contribution in [3.8, 4) is 0 Å². The summed E-state index contributed by atoms with van der Waals surface area (Å²) < 4.78 is 5.51. The number of carbonyl (C=O) groups excluding carboxylic acids is 1. The van der Waals surface area contributed by atoms with Gasteiger partial charge < -0.3 is 15.8 Å². The number of carbonyl (C=O) groups is 1. The molecule has 0 aliphatic carbocycles. The summed E-state index contributed by atoms with van der Waals surface area (Å²) >= 11 is 0. The Morgan fingerprint density at radius 2 is 1.87 bits per heavy atom. The largest absolute Gasteiger partial charge is 0.458 e. The van der Waals surface area contributed by atoms with Crippen molar-refractivity contribution in [2.24, 2.45) is 5.73 Å². The fourth-order valence-corrected chi connectivity index (χ4v) is 3.56. The van der Waals surface area contributed by atoms with E-state index in [4.69, 9.17) is 10.5 Å². The number of fused-ring (bicyclic) bond motifs is 1. The lowest BCUT2D eigenvalue weighted by atomic mass is 9.98. The van der Waals surface area contributed by atoms with Crippen LogP contribution in [0.5, 0.6) is 0 Å². The molecule has 5 nitrogen and oxygen atoms in total. The Kier molecular flexibility index (Phi) is 9.24. The monoisotopic (exact) mass is 427 g/mol. The first-order chi connectivity index (χ1) is 14.0. The van der Waals surface area contributed by atoms with E-state index < -0.39 is 0 Å². The Bertz CT molecular complexity index is 936. The van der Waals surface area contributed by atoms with E-state index in [-0.39, 0.29) is 36.6 Å². The zero-order chi connectivity index (χ0) is 20.6. The Labute approximate surface area is 184 Å². The van der Waals surface area contributed by atoms with Crippen molar-refractivity contribution in [1.82, 2.24) is 10.3 Å². The Morgan fingerprint density at radius 3 is 2.60 bits per heavy atom. The highest BCUT2D eigenvalue weighted by atomic mass is 35.5. The van der Waals surface area contributed by atoms with Crippen molar-refractivity contribution in [3.05, 3.63) is 78.1 Å². The maximum Gasteiger partial charge on any atom is 0.303 e. The molecule has 0 aliphatic rings. The van der Waals surface area contributed by atoms with Gasteiger partial charge in [0.25, 0.3) is 0 Å². The van der Waals surface area contributed by atoms with Gasteiger partial charge in [0.1, 0.15) is 6.10 Å². The summed E-state index contributed by atoms with van der Waals surface area (Å²) in [4.78, 5) is 15.7. The lowest BCUT2D eigenvalue weighted by Gasteiger charge is -2.24. The molecular formula is C24H30ClN3O2.